The number of amides is 2. The highest BCUT2D eigenvalue weighted by Crippen LogP contribution is 2.36. The number of alkyl halides is 3. The molecule has 0 saturated heterocycles. The van der Waals surface area contributed by atoms with Crippen LogP contribution >= 0.6 is 23.2 Å². The Bertz CT molecular complexity index is 754. The van der Waals surface area contributed by atoms with Crippen molar-refractivity contribution in [2.45, 2.75) is 6.18 Å². The predicted molar refractivity (Wildman–Crippen MR) is 79.0 cm³/mol. The van der Waals surface area contributed by atoms with Crippen molar-refractivity contribution in [2.75, 3.05) is 5.32 Å². The number of nitrogens with two attached hydrogens (primary N) is 1. The molecule has 2 rings (SSSR count). The van der Waals surface area contributed by atoms with Crippen molar-refractivity contribution in [3.05, 3.63) is 46.1 Å². The first-order valence-electron chi connectivity index (χ1n) is 5.94. The van der Waals surface area contributed by atoms with E-state index in [9.17, 15) is 18.0 Å². The monoisotopic (exact) mass is 365 g/mol. The summed E-state index contributed by atoms with van der Waals surface area (Å²) in [5.41, 5.74) is 4.22. The molecule has 0 saturated carbocycles. The molecule has 0 spiro atoms. The van der Waals surface area contributed by atoms with Crippen molar-refractivity contribution in [2.24, 2.45) is 5.73 Å². The number of ether oxygens (including phenoxy) is 1. The number of nitrogens with one attached hydrogen (secondary N) is 1. The summed E-state index contributed by atoms with van der Waals surface area (Å²) in [7, 11) is 0. The van der Waals surface area contributed by atoms with Gasteiger partial charge in [-0.3, -0.25) is 0 Å². The van der Waals surface area contributed by atoms with Crippen molar-refractivity contribution in [1.29, 1.82) is 0 Å². The van der Waals surface area contributed by atoms with Crippen LogP contribution in [-0.2, 0) is 6.18 Å². The zero-order valence-electron chi connectivity index (χ0n) is 11.1. The van der Waals surface area contributed by atoms with Crippen LogP contribution in [0.3, 0.4) is 0 Å². The van der Waals surface area contributed by atoms with Gasteiger partial charge < -0.3 is 15.8 Å². The second kappa shape index (κ2) is 6.51. The van der Waals surface area contributed by atoms with Crippen LogP contribution in [-0.4, -0.2) is 11.0 Å². The molecule has 10 heteroatoms. The van der Waals surface area contributed by atoms with E-state index in [1.807, 2.05) is 0 Å². The third kappa shape index (κ3) is 4.40. The van der Waals surface area contributed by atoms with Gasteiger partial charge in [-0.1, -0.05) is 23.2 Å². The molecule has 2 amide bonds. The van der Waals surface area contributed by atoms with Crippen molar-refractivity contribution in [1.82, 2.24) is 4.98 Å². The van der Waals surface area contributed by atoms with Gasteiger partial charge in [0.25, 0.3) is 0 Å². The van der Waals surface area contributed by atoms with E-state index in [0.717, 1.165) is 12.1 Å². The third-order valence-corrected chi connectivity index (χ3v) is 3.13. The van der Waals surface area contributed by atoms with Gasteiger partial charge in [-0.05, 0) is 24.3 Å². The maximum Gasteiger partial charge on any atom is 0.419 e. The van der Waals surface area contributed by atoms with Gasteiger partial charge >= 0.3 is 12.2 Å². The number of nitrogens with zero attached hydrogens (tertiary/aromatic N) is 1. The highest BCUT2D eigenvalue weighted by molar-refractivity contribution is 6.32. The summed E-state index contributed by atoms with van der Waals surface area (Å²) in [4.78, 5) is 14.2. The number of anilines is 1. The first-order valence-corrected chi connectivity index (χ1v) is 6.70. The van der Waals surface area contributed by atoms with Crippen LogP contribution in [0.25, 0.3) is 0 Å². The minimum absolute atomic E-state index is 0.0917. The molecule has 0 aliphatic rings. The SMILES string of the molecule is NC(=O)Nc1ccc(Oc2ccc(C(F)(F)F)c(Cl)n2)c(Cl)c1. The Morgan fingerprint density at radius 2 is 1.91 bits per heavy atom. The van der Waals surface area contributed by atoms with Crippen LogP contribution in [0.15, 0.2) is 30.3 Å². The highest BCUT2D eigenvalue weighted by Gasteiger charge is 2.34. The number of hydrogen-bond donors (Lipinski definition) is 2. The zero-order chi connectivity index (χ0) is 17.2. The predicted octanol–water partition coefficient (Wildman–Crippen LogP) is 4.69. The lowest BCUT2D eigenvalue weighted by molar-refractivity contribution is -0.137. The summed E-state index contributed by atoms with van der Waals surface area (Å²) in [6.45, 7) is 0. The second-order valence-corrected chi connectivity index (χ2v) is 4.99. The second-order valence-electron chi connectivity index (χ2n) is 4.22. The molecule has 23 heavy (non-hydrogen) atoms. The van der Waals surface area contributed by atoms with Crippen LogP contribution < -0.4 is 15.8 Å². The number of pyridine rings is 1. The molecule has 122 valence electrons. The van der Waals surface area contributed by atoms with E-state index in [1.54, 1.807) is 0 Å². The molecule has 1 aromatic carbocycles. The van der Waals surface area contributed by atoms with Gasteiger partial charge in [0.05, 0.1) is 10.6 Å². The summed E-state index contributed by atoms with van der Waals surface area (Å²) >= 11 is 11.4. The number of hydrogen-bond acceptors (Lipinski definition) is 3. The standard InChI is InChI=1S/C13H8Cl2F3N3O2/c14-8-5-6(20-12(19)22)1-3-9(8)23-10-4-2-7(11(15)21-10)13(16,17)18/h1-5H,(H3,19,20,22). The number of halogens is 5. The van der Waals surface area contributed by atoms with Crippen molar-refractivity contribution >= 4 is 34.9 Å². The maximum absolute atomic E-state index is 12.6. The van der Waals surface area contributed by atoms with Gasteiger partial charge in [-0.2, -0.15) is 13.2 Å². The van der Waals surface area contributed by atoms with Crippen molar-refractivity contribution in [3.8, 4) is 11.6 Å². The Balaban J connectivity index is 2.23. The van der Waals surface area contributed by atoms with Crippen LogP contribution in [0.5, 0.6) is 11.6 Å². The quantitative estimate of drug-likeness (QED) is 0.774. The number of primary amides is 1. The minimum atomic E-state index is -4.61. The van der Waals surface area contributed by atoms with Crippen molar-refractivity contribution in [3.63, 3.8) is 0 Å². The molecule has 0 aliphatic heterocycles. The maximum atomic E-state index is 12.6. The van der Waals surface area contributed by atoms with E-state index in [0.29, 0.717) is 5.69 Å². The van der Waals surface area contributed by atoms with Gasteiger partial charge in [0.2, 0.25) is 5.88 Å². The lowest BCUT2D eigenvalue weighted by atomic mass is 10.3. The number of carbonyl (C=O) groups excluding carboxylic acids is 1. The Morgan fingerprint density at radius 3 is 2.43 bits per heavy atom. The van der Waals surface area contributed by atoms with Crippen molar-refractivity contribution < 1.29 is 22.7 Å². The number of aromatic nitrogens is 1. The lowest BCUT2D eigenvalue weighted by Gasteiger charge is -2.11. The Kier molecular flexibility index (Phi) is 4.86. The largest absolute Gasteiger partial charge is 0.437 e. The summed E-state index contributed by atoms with van der Waals surface area (Å²) in [5.74, 6) is -0.0504. The summed E-state index contributed by atoms with van der Waals surface area (Å²) < 4.78 is 43.0. The fourth-order valence-corrected chi connectivity index (χ4v) is 2.07. The summed E-state index contributed by atoms with van der Waals surface area (Å²) in [5, 5.41) is 1.66. The first-order chi connectivity index (χ1) is 10.7. The van der Waals surface area contributed by atoms with Crippen LogP contribution in [0.4, 0.5) is 23.7 Å². The third-order valence-electron chi connectivity index (χ3n) is 2.54. The molecule has 2 aromatic rings. The van der Waals surface area contributed by atoms with E-state index in [4.69, 9.17) is 33.7 Å². The van der Waals surface area contributed by atoms with Gasteiger partial charge in [-0.25, -0.2) is 9.78 Å². The molecule has 0 unspecified atom stereocenters. The molecule has 0 bridgehead atoms. The number of rotatable bonds is 3. The smallest absolute Gasteiger partial charge is 0.419 e. The molecular weight excluding hydrogens is 358 g/mol. The van der Waals surface area contributed by atoms with Gasteiger partial charge in [-0.15, -0.1) is 0 Å². The van der Waals surface area contributed by atoms with E-state index in [-0.39, 0.29) is 16.7 Å². The summed E-state index contributed by atoms with van der Waals surface area (Å²) in [6, 6.07) is 5.18. The number of benzene rings is 1. The molecule has 1 heterocycles. The minimum Gasteiger partial charge on any atom is -0.437 e. The van der Waals surface area contributed by atoms with E-state index < -0.39 is 22.9 Å². The number of urea groups is 1. The molecule has 0 aliphatic carbocycles. The van der Waals surface area contributed by atoms with E-state index in [2.05, 4.69) is 10.3 Å². The molecule has 0 radical (unpaired) electrons. The number of carbonyl (C=O) groups is 1. The average Bonchev–Trinajstić information content (AvgIpc) is 2.40. The fourth-order valence-electron chi connectivity index (χ4n) is 1.60. The first kappa shape index (κ1) is 17.2. The molecule has 5 nitrogen and oxygen atoms in total. The van der Waals surface area contributed by atoms with E-state index in [1.165, 1.54) is 18.2 Å². The Labute approximate surface area is 138 Å². The Hall–Kier alpha value is -2.19. The highest BCUT2D eigenvalue weighted by atomic mass is 35.5. The van der Waals surface area contributed by atoms with Gasteiger partial charge in [0, 0.05) is 11.8 Å². The molecule has 1 aromatic heterocycles. The van der Waals surface area contributed by atoms with Gasteiger partial charge in [0.1, 0.15) is 10.9 Å². The zero-order valence-corrected chi connectivity index (χ0v) is 12.6. The lowest BCUT2D eigenvalue weighted by Crippen LogP contribution is -2.19. The average molecular weight is 366 g/mol. The Morgan fingerprint density at radius 1 is 1.22 bits per heavy atom. The van der Waals surface area contributed by atoms with E-state index >= 15 is 0 Å². The molecule has 0 fully saturated rings. The normalized spacial score (nSPS) is 11.2. The topological polar surface area (TPSA) is 77.2 Å². The summed E-state index contributed by atoms with van der Waals surface area (Å²) in [6.07, 6.45) is -4.61. The molecular formula is C13H8Cl2F3N3O2. The van der Waals surface area contributed by atoms with Crippen LogP contribution in [0.1, 0.15) is 5.56 Å². The van der Waals surface area contributed by atoms with Crippen LogP contribution in [0, 0.1) is 0 Å². The fraction of sp³-hybridized carbons (Fsp3) is 0.0769. The molecule has 3 N–H and O–H groups in total. The van der Waals surface area contributed by atoms with Gasteiger partial charge in [0.15, 0.2) is 0 Å². The van der Waals surface area contributed by atoms with Crippen LogP contribution in [0.2, 0.25) is 10.2 Å². The molecule has 0 atom stereocenters.